The Hall–Kier alpha value is -0.930. The molecule has 0 radical (unpaired) electrons. The highest BCUT2D eigenvalue weighted by molar-refractivity contribution is 9.11. The molecule has 0 bridgehead atoms. The second kappa shape index (κ2) is 7.97. The molecule has 0 saturated carbocycles. The molecule has 0 fully saturated rings. The molecule has 0 aliphatic heterocycles. The number of hydrogen-bond donors (Lipinski definition) is 1. The van der Waals surface area contributed by atoms with E-state index in [1.165, 1.54) is 31.3 Å². The van der Waals surface area contributed by atoms with Crippen molar-refractivity contribution in [3.8, 4) is 0 Å². The van der Waals surface area contributed by atoms with Gasteiger partial charge in [-0.2, -0.15) is 4.31 Å². The second-order valence-corrected chi connectivity index (χ2v) is 9.14. The molecule has 0 aromatic heterocycles. The van der Waals surface area contributed by atoms with E-state index in [0.717, 1.165) is 8.78 Å². The quantitative estimate of drug-likeness (QED) is 0.677. The van der Waals surface area contributed by atoms with Crippen LogP contribution >= 0.6 is 43.5 Å². The van der Waals surface area contributed by atoms with Crippen molar-refractivity contribution in [2.75, 3.05) is 18.9 Å². The Morgan fingerprint density at radius 1 is 1.17 bits per heavy atom. The lowest BCUT2D eigenvalue weighted by atomic mass is 10.3. The van der Waals surface area contributed by atoms with Crippen LogP contribution in [0.3, 0.4) is 0 Å². The van der Waals surface area contributed by atoms with Crippen molar-refractivity contribution >= 4 is 65.1 Å². The van der Waals surface area contributed by atoms with Gasteiger partial charge < -0.3 is 5.32 Å². The SMILES string of the molecule is CN(CC(=O)Nc1ccc(Br)cc1Br)S(=O)(=O)c1ccc(Cl)cc1. The molecule has 0 heterocycles. The molecule has 1 N–H and O–H groups in total. The van der Waals surface area contributed by atoms with E-state index in [2.05, 4.69) is 37.2 Å². The number of nitrogens with zero attached hydrogens (tertiary/aromatic N) is 1. The summed E-state index contributed by atoms with van der Waals surface area (Å²) in [5.41, 5.74) is 0.556. The maximum Gasteiger partial charge on any atom is 0.243 e. The summed E-state index contributed by atoms with van der Waals surface area (Å²) < 4.78 is 27.4. The zero-order chi connectivity index (χ0) is 17.9. The van der Waals surface area contributed by atoms with E-state index >= 15 is 0 Å². The van der Waals surface area contributed by atoms with Crippen molar-refractivity contribution in [3.05, 3.63) is 56.4 Å². The molecular weight excluding hydrogens is 484 g/mol. The molecule has 2 aromatic rings. The Morgan fingerprint density at radius 2 is 1.79 bits per heavy atom. The average molecular weight is 497 g/mol. The predicted molar refractivity (Wildman–Crippen MR) is 102 cm³/mol. The number of rotatable bonds is 5. The summed E-state index contributed by atoms with van der Waals surface area (Å²) in [6.07, 6.45) is 0. The van der Waals surface area contributed by atoms with Gasteiger partial charge in [-0.15, -0.1) is 0 Å². The number of nitrogens with one attached hydrogen (secondary N) is 1. The van der Waals surface area contributed by atoms with E-state index < -0.39 is 15.9 Å². The highest BCUT2D eigenvalue weighted by Crippen LogP contribution is 2.26. The maximum absolute atomic E-state index is 12.4. The third-order valence-electron chi connectivity index (χ3n) is 3.09. The Balaban J connectivity index is 2.09. The molecule has 0 atom stereocenters. The number of halogens is 3. The summed E-state index contributed by atoms with van der Waals surface area (Å²) in [6, 6.07) is 11.0. The number of benzene rings is 2. The third-order valence-corrected chi connectivity index (χ3v) is 6.31. The molecule has 128 valence electrons. The zero-order valence-corrected chi connectivity index (χ0v) is 17.2. The fraction of sp³-hybridized carbons (Fsp3) is 0.133. The van der Waals surface area contributed by atoms with Crippen LogP contribution in [0.25, 0.3) is 0 Å². The van der Waals surface area contributed by atoms with Crippen LogP contribution < -0.4 is 5.32 Å². The van der Waals surface area contributed by atoms with Crippen molar-refractivity contribution in [1.29, 1.82) is 0 Å². The standard InChI is InChI=1S/C15H13Br2ClN2O3S/c1-20(24(22,23)12-5-3-11(18)4-6-12)9-15(21)19-14-7-2-10(16)8-13(14)17/h2-8H,9H2,1H3,(H,19,21). The normalized spacial score (nSPS) is 11.5. The van der Waals surface area contributed by atoms with Gasteiger partial charge >= 0.3 is 0 Å². The summed E-state index contributed by atoms with van der Waals surface area (Å²) in [4.78, 5) is 12.2. The van der Waals surface area contributed by atoms with Gasteiger partial charge in [-0.05, 0) is 58.4 Å². The topological polar surface area (TPSA) is 66.5 Å². The molecule has 0 unspecified atom stereocenters. The van der Waals surface area contributed by atoms with E-state index in [-0.39, 0.29) is 11.4 Å². The summed E-state index contributed by atoms with van der Waals surface area (Å²) in [7, 11) is -2.42. The lowest BCUT2D eigenvalue weighted by molar-refractivity contribution is -0.116. The minimum Gasteiger partial charge on any atom is -0.324 e. The molecule has 1 amide bonds. The zero-order valence-electron chi connectivity index (χ0n) is 12.5. The first-order valence-electron chi connectivity index (χ1n) is 6.67. The van der Waals surface area contributed by atoms with E-state index in [4.69, 9.17) is 11.6 Å². The van der Waals surface area contributed by atoms with Crippen LogP contribution in [0.4, 0.5) is 5.69 Å². The highest BCUT2D eigenvalue weighted by Gasteiger charge is 2.23. The summed E-state index contributed by atoms with van der Waals surface area (Å²) in [5, 5.41) is 3.11. The minimum atomic E-state index is -3.77. The maximum atomic E-state index is 12.4. The monoisotopic (exact) mass is 494 g/mol. The predicted octanol–water partition coefficient (Wildman–Crippen LogP) is 4.12. The Labute approximate surface area is 162 Å². The van der Waals surface area contributed by atoms with Crippen molar-refractivity contribution in [3.63, 3.8) is 0 Å². The van der Waals surface area contributed by atoms with Gasteiger partial charge in [0.1, 0.15) is 0 Å². The van der Waals surface area contributed by atoms with Gasteiger partial charge in [-0.25, -0.2) is 8.42 Å². The molecule has 9 heteroatoms. The number of hydrogen-bond acceptors (Lipinski definition) is 3. The first-order chi connectivity index (χ1) is 11.2. The largest absolute Gasteiger partial charge is 0.324 e. The van der Waals surface area contributed by atoms with Crippen molar-refractivity contribution in [1.82, 2.24) is 4.31 Å². The molecule has 2 aromatic carbocycles. The number of sulfonamides is 1. The van der Waals surface area contributed by atoms with Crippen LogP contribution in [0, 0.1) is 0 Å². The number of carbonyl (C=O) groups excluding carboxylic acids is 1. The van der Waals surface area contributed by atoms with Gasteiger partial charge in [-0.3, -0.25) is 4.79 Å². The minimum absolute atomic E-state index is 0.0759. The van der Waals surface area contributed by atoms with E-state index in [1.807, 2.05) is 0 Å². The van der Waals surface area contributed by atoms with Gasteiger partial charge in [0.15, 0.2) is 0 Å². The van der Waals surface area contributed by atoms with Crippen LogP contribution in [0.1, 0.15) is 0 Å². The summed E-state index contributed by atoms with van der Waals surface area (Å²) >= 11 is 12.4. The van der Waals surface area contributed by atoms with Gasteiger partial charge in [0.25, 0.3) is 0 Å². The number of amides is 1. The van der Waals surface area contributed by atoms with Crippen molar-refractivity contribution < 1.29 is 13.2 Å². The summed E-state index contributed by atoms with van der Waals surface area (Å²) in [6.45, 7) is -0.312. The molecule has 2 rings (SSSR count). The third kappa shape index (κ3) is 4.80. The van der Waals surface area contributed by atoms with E-state index in [1.54, 1.807) is 18.2 Å². The van der Waals surface area contributed by atoms with Crippen molar-refractivity contribution in [2.45, 2.75) is 4.90 Å². The molecule has 24 heavy (non-hydrogen) atoms. The van der Waals surface area contributed by atoms with E-state index in [0.29, 0.717) is 15.2 Å². The van der Waals surface area contributed by atoms with Crippen molar-refractivity contribution in [2.24, 2.45) is 0 Å². The molecule has 0 aliphatic carbocycles. The molecule has 0 saturated heterocycles. The highest BCUT2D eigenvalue weighted by atomic mass is 79.9. The smallest absolute Gasteiger partial charge is 0.243 e. The molecule has 0 aliphatic rings. The Bertz CT molecular complexity index is 858. The Kier molecular flexibility index (Phi) is 6.44. The molecule has 5 nitrogen and oxygen atoms in total. The van der Waals surface area contributed by atoms with Crippen LogP contribution in [0.2, 0.25) is 5.02 Å². The number of carbonyl (C=O) groups is 1. The Morgan fingerprint density at radius 3 is 2.38 bits per heavy atom. The number of likely N-dealkylation sites (N-methyl/N-ethyl adjacent to an activating group) is 1. The second-order valence-electron chi connectivity index (χ2n) is 4.89. The lowest BCUT2D eigenvalue weighted by Gasteiger charge is -2.17. The van der Waals surface area contributed by atoms with Gasteiger partial charge in [0, 0.05) is 21.0 Å². The molecule has 0 spiro atoms. The lowest BCUT2D eigenvalue weighted by Crippen LogP contribution is -2.35. The first-order valence-corrected chi connectivity index (χ1v) is 10.1. The fourth-order valence-corrected chi connectivity index (χ4v) is 4.25. The fourth-order valence-electron chi connectivity index (χ4n) is 1.85. The van der Waals surface area contributed by atoms with Gasteiger partial charge in [0.05, 0.1) is 17.1 Å². The van der Waals surface area contributed by atoms with Gasteiger partial charge in [0.2, 0.25) is 15.9 Å². The van der Waals surface area contributed by atoms with Gasteiger partial charge in [-0.1, -0.05) is 27.5 Å². The van der Waals surface area contributed by atoms with Crippen LogP contribution in [-0.2, 0) is 14.8 Å². The summed E-state index contributed by atoms with van der Waals surface area (Å²) in [5.74, 6) is -0.446. The first kappa shape index (κ1) is 19.4. The van der Waals surface area contributed by atoms with E-state index in [9.17, 15) is 13.2 Å². The van der Waals surface area contributed by atoms with Crippen LogP contribution in [0.5, 0.6) is 0 Å². The molecular formula is C15H13Br2ClN2O3S. The number of anilines is 1. The van der Waals surface area contributed by atoms with Crippen LogP contribution in [-0.4, -0.2) is 32.2 Å². The average Bonchev–Trinajstić information content (AvgIpc) is 2.50. The van der Waals surface area contributed by atoms with Crippen LogP contribution in [0.15, 0.2) is 56.3 Å².